The first kappa shape index (κ1) is 21.6. The van der Waals surface area contributed by atoms with Crippen LogP contribution in [0.1, 0.15) is 56.6 Å². The van der Waals surface area contributed by atoms with Gasteiger partial charge in [-0.15, -0.1) is 0 Å². The molecule has 0 saturated carbocycles. The first-order valence-corrected chi connectivity index (χ1v) is 9.70. The molecule has 152 valence electrons. The Morgan fingerprint density at radius 2 is 1.93 bits per heavy atom. The molecule has 0 aliphatic heterocycles. The maximum Gasteiger partial charge on any atom is 0.338 e. The second kappa shape index (κ2) is 9.48. The van der Waals surface area contributed by atoms with Crippen LogP contribution in [-0.2, 0) is 16.1 Å². The lowest BCUT2D eigenvalue weighted by molar-refractivity contribution is -0.124. The Morgan fingerprint density at radius 3 is 2.57 bits per heavy atom. The van der Waals surface area contributed by atoms with Crippen LogP contribution in [0.3, 0.4) is 0 Å². The zero-order valence-electron chi connectivity index (χ0n) is 17.2. The van der Waals surface area contributed by atoms with Gasteiger partial charge in [-0.1, -0.05) is 13.8 Å². The quantitative estimate of drug-likeness (QED) is 0.704. The molecule has 1 atom stereocenters. The highest BCUT2D eigenvalue weighted by Crippen LogP contribution is 2.14. The number of nitrogens with zero attached hydrogens (tertiary/aromatic N) is 2. The first-order valence-electron chi connectivity index (χ1n) is 9.70. The second-order valence-electron chi connectivity index (χ2n) is 7.47. The average Bonchev–Trinajstić information content (AvgIpc) is 2.65. The molecule has 7 nitrogen and oxygen atoms in total. The van der Waals surface area contributed by atoms with Crippen molar-refractivity contribution in [2.45, 2.75) is 60.0 Å². The van der Waals surface area contributed by atoms with Crippen LogP contribution < -0.4 is 10.9 Å². The van der Waals surface area contributed by atoms with Crippen LogP contribution in [0.25, 0.3) is 11.0 Å². The summed E-state index contributed by atoms with van der Waals surface area (Å²) >= 11 is 0. The molecule has 0 aliphatic rings. The zero-order chi connectivity index (χ0) is 20.8. The molecular formula is C21H29N3O4. The third kappa shape index (κ3) is 5.41. The highest BCUT2D eigenvalue weighted by molar-refractivity contribution is 5.94. The summed E-state index contributed by atoms with van der Waals surface area (Å²) in [4.78, 5) is 40.7. The Morgan fingerprint density at radius 1 is 1.21 bits per heavy atom. The van der Waals surface area contributed by atoms with Gasteiger partial charge < -0.3 is 14.6 Å². The van der Waals surface area contributed by atoms with Crippen LogP contribution >= 0.6 is 0 Å². The number of hydrogen-bond acceptors (Lipinski definition) is 5. The fourth-order valence-electron chi connectivity index (χ4n) is 3.00. The Bertz CT molecular complexity index is 918. The SMILES string of the molecule is CCn1c(=O)c(C)nc2cc(C(=O)OCC(=O)N[C@H](C)CCC(C)C)ccc21. The van der Waals surface area contributed by atoms with Gasteiger partial charge in [-0.25, -0.2) is 9.78 Å². The maximum atomic E-state index is 12.3. The Hall–Kier alpha value is -2.70. The lowest BCUT2D eigenvalue weighted by Crippen LogP contribution is -2.36. The number of esters is 1. The summed E-state index contributed by atoms with van der Waals surface area (Å²) in [5.41, 5.74) is 1.72. The molecule has 0 spiro atoms. The number of hydrogen-bond donors (Lipinski definition) is 1. The van der Waals surface area contributed by atoms with Gasteiger partial charge in [-0.2, -0.15) is 0 Å². The molecule has 0 radical (unpaired) electrons. The molecule has 1 heterocycles. The van der Waals surface area contributed by atoms with E-state index >= 15 is 0 Å². The van der Waals surface area contributed by atoms with Crippen LogP contribution in [0.4, 0.5) is 0 Å². The van der Waals surface area contributed by atoms with E-state index in [1.54, 1.807) is 29.7 Å². The summed E-state index contributed by atoms with van der Waals surface area (Å²) in [6.45, 7) is 9.91. The van der Waals surface area contributed by atoms with E-state index in [4.69, 9.17) is 4.74 Å². The number of fused-ring (bicyclic) bond motifs is 1. The van der Waals surface area contributed by atoms with Crippen molar-refractivity contribution in [1.29, 1.82) is 0 Å². The summed E-state index contributed by atoms with van der Waals surface area (Å²) in [6, 6.07) is 4.87. The smallest absolute Gasteiger partial charge is 0.338 e. The summed E-state index contributed by atoms with van der Waals surface area (Å²) in [6.07, 6.45) is 1.90. The van der Waals surface area contributed by atoms with Gasteiger partial charge in [0, 0.05) is 12.6 Å². The maximum absolute atomic E-state index is 12.3. The molecule has 1 aromatic heterocycles. The molecular weight excluding hydrogens is 358 g/mol. The number of amides is 1. The van der Waals surface area contributed by atoms with Crippen molar-refractivity contribution in [2.75, 3.05) is 6.61 Å². The first-order chi connectivity index (χ1) is 13.2. The third-order valence-electron chi connectivity index (χ3n) is 4.58. The monoisotopic (exact) mass is 387 g/mol. The van der Waals surface area contributed by atoms with Crippen molar-refractivity contribution in [2.24, 2.45) is 5.92 Å². The molecule has 0 aliphatic carbocycles. The number of benzene rings is 1. The molecule has 0 fully saturated rings. The minimum atomic E-state index is -0.597. The van der Waals surface area contributed by atoms with E-state index in [1.165, 1.54) is 0 Å². The predicted octanol–water partition coefficient (Wildman–Crippen LogP) is 2.82. The van der Waals surface area contributed by atoms with E-state index < -0.39 is 5.97 Å². The van der Waals surface area contributed by atoms with E-state index in [1.807, 2.05) is 13.8 Å². The fraction of sp³-hybridized carbons (Fsp3) is 0.524. The van der Waals surface area contributed by atoms with Gasteiger partial charge in [-0.3, -0.25) is 9.59 Å². The zero-order valence-corrected chi connectivity index (χ0v) is 17.2. The Labute approximate surface area is 165 Å². The second-order valence-corrected chi connectivity index (χ2v) is 7.47. The molecule has 28 heavy (non-hydrogen) atoms. The van der Waals surface area contributed by atoms with Gasteiger partial charge in [-0.05, 0) is 57.7 Å². The number of ether oxygens (including phenoxy) is 1. The summed E-state index contributed by atoms with van der Waals surface area (Å²) in [5.74, 6) is -0.341. The molecule has 0 bridgehead atoms. The molecule has 1 N–H and O–H groups in total. The van der Waals surface area contributed by atoms with Crippen molar-refractivity contribution in [3.63, 3.8) is 0 Å². The number of carbonyl (C=O) groups excluding carboxylic acids is 2. The van der Waals surface area contributed by atoms with Crippen LogP contribution in [0.5, 0.6) is 0 Å². The summed E-state index contributed by atoms with van der Waals surface area (Å²) in [5, 5.41) is 2.83. The molecule has 1 aromatic carbocycles. The number of aromatic nitrogens is 2. The molecule has 2 rings (SSSR count). The molecule has 0 saturated heterocycles. The fourth-order valence-corrected chi connectivity index (χ4v) is 3.00. The van der Waals surface area contributed by atoms with E-state index in [2.05, 4.69) is 24.1 Å². The minimum absolute atomic E-state index is 0.0345. The standard InChI is InChI=1S/C21H29N3O4/c1-6-24-18-10-9-16(11-17(18)23-15(5)20(24)26)21(27)28-12-19(25)22-14(4)8-7-13(2)3/h9-11,13-14H,6-8,12H2,1-5H3,(H,22,25)/t14-/m1/s1. The molecule has 1 amide bonds. The van der Waals surface area contributed by atoms with E-state index in [0.29, 0.717) is 34.8 Å². The normalized spacial score (nSPS) is 12.2. The lowest BCUT2D eigenvalue weighted by Gasteiger charge is -2.15. The Kier molecular flexibility index (Phi) is 7.31. The number of carbonyl (C=O) groups is 2. The lowest BCUT2D eigenvalue weighted by atomic mass is 10.0. The van der Waals surface area contributed by atoms with Gasteiger partial charge in [0.05, 0.1) is 16.6 Å². The summed E-state index contributed by atoms with van der Waals surface area (Å²) in [7, 11) is 0. The van der Waals surface area contributed by atoms with Crippen LogP contribution in [0.15, 0.2) is 23.0 Å². The predicted molar refractivity (Wildman–Crippen MR) is 108 cm³/mol. The van der Waals surface area contributed by atoms with Crippen LogP contribution in [0, 0.1) is 12.8 Å². The minimum Gasteiger partial charge on any atom is -0.452 e. The van der Waals surface area contributed by atoms with Crippen molar-refractivity contribution < 1.29 is 14.3 Å². The highest BCUT2D eigenvalue weighted by atomic mass is 16.5. The number of rotatable bonds is 8. The van der Waals surface area contributed by atoms with Gasteiger partial charge in [0.2, 0.25) is 0 Å². The average molecular weight is 387 g/mol. The largest absolute Gasteiger partial charge is 0.452 e. The van der Waals surface area contributed by atoms with E-state index in [-0.39, 0.29) is 24.1 Å². The topological polar surface area (TPSA) is 90.3 Å². The number of aryl methyl sites for hydroxylation is 2. The summed E-state index contributed by atoms with van der Waals surface area (Å²) < 4.78 is 6.74. The Balaban J connectivity index is 2.02. The highest BCUT2D eigenvalue weighted by Gasteiger charge is 2.15. The van der Waals surface area contributed by atoms with Crippen molar-refractivity contribution in [3.8, 4) is 0 Å². The van der Waals surface area contributed by atoms with Crippen molar-refractivity contribution in [3.05, 3.63) is 39.8 Å². The van der Waals surface area contributed by atoms with Gasteiger partial charge in [0.15, 0.2) is 6.61 Å². The van der Waals surface area contributed by atoms with Gasteiger partial charge in [0.25, 0.3) is 11.5 Å². The van der Waals surface area contributed by atoms with Crippen LogP contribution in [-0.4, -0.2) is 34.1 Å². The molecule has 7 heteroatoms. The van der Waals surface area contributed by atoms with Gasteiger partial charge >= 0.3 is 5.97 Å². The van der Waals surface area contributed by atoms with E-state index in [9.17, 15) is 14.4 Å². The van der Waals surface area contributed by atoms with Crippen LogP contribution in [0.2, 0.25) is 0 Å². The van der Waals surface area contributed by atoms with Crippen molar-refractivity contribution >= 4 is 22.9 Å². The molecule has 2 aromatic rings. The number of nitrogens with one attached hydrogen (secondary N) is 1. The van der Waals surface area contributed by atoms with Crippen molar-refractivity contribution in [1.82, 2.24) is 14.9 Å². The van der Waals surface area contributed by atoms with E-state index in [0.717, 1.165) is 12.8 Å². The molecule has 0 unspecified atom stereocenters. The third-order valence-corrected chi connectivity index (χ3v) is 4.58. The van der Waals surface area contributed by atoms with Gasteiger partial charge in [0.1, 0.15) is 5.69 Å².